The zero-order valence-corrected chi connectivity index (χ0v) is 15.1. The predicted octanol–water partition coefficient (Wildman–Crippen LogP) is 4.47. The maximum Gasteiger partial charge on any atom is 0.226 e. The summed E-state index contributed by atoms with van der Waals surface area (Å²) in [5.41, 5.74) is 0. The lowest BCUT2D eigenvalue weighted by Gasteiger charge is -2.54. The van der Waals surface area contributed by atoms with E-state index in [1.54, 1.807) is 0 Å². The number of rotatable bonds is 6. The van der Waals surface area contributed by atoms with Gasteiger partial charge in [-0.25, -0.2) is 0 Å². The van der Waals surface area contributed by atoms with Crippen LogP contribution in [0.5, 0.6) is 0 Å². The summed E-state index contributed by atoms with van der Waals surface area (Å²) in [6.45, 7) is 5.33. The quantitative estimate of drug-likeness (QED) is 0.643. The maximum atomic E-state index is 13.3. The van der Waals surface area contributed by atoms with Crippen LogP contribution < -0.4 is 0 Å². The number of hydrogen-bond donors (Lipinski definition) is 0. The van der Waals surface area contributed by atoms with Crippen molar-refractivity contribution in [3.8, 4) is 0 Å². The zero-order valence-electron chi connectivity index (χ0n) is 13.6. The molecule has 21 heavy (non-hydrogen) atoms. The van der Waals surface area contributed by atoms with Crippen LogP contribution in [-0.4, -0.2) is 28.7 Å². The molecule has 0 radical (unpaired) electrons. The first kappa shape index (κ1) is 15.8. The van der Waals surface area contributed by atoms with E-state index in [1.165, 1.54) is 32.1 Å². The molecule has 0 heterocycles. The molecule has 0 saturated heterocycles. The molecule has 4 fully saturated rings. The largest absolute Gasteiger partial charge is 0.339 e. The Hall–Kier alpha value is -0.0500. The Kier molecular flexibility index (Phi) is 4.97. The van der Waals surface area contributed by atoms with E-state index in [0.717, 1.165) is 36.6 Å². The van der Waals surface area contributed by atoms with E-state index < -0.39 is 0 Å². The van der Waals surface area contributed by atoms with Gasteiger partial charge in [0.05, 0.1) is 0 Å². The second-order valence-corrected chi connectivity index (χ2v) is 8.44. The van der Waals surface area contributed by atoms with Gasteiger partial charge in [-0.05, 0) is 68.6 Å². The zero-order chi connectivity index (χ0) is 15.0. The average Bonchev–Trinajstić information content (AvgIpc) is 2.46. The number of halogens is 1. The Labute approximate surface area is 138 Å². The minimum Gasteiger partial charge on any atom is -0.339 e. The summed E-state index contributed by atoms with van der Waals surface area (Å²) in [6, 6.07) is 0.437. The first-order valence-corrected chi connectivity index (χ1v) is 10.2. The molecular formula is C18H30BrNO. The molecule has 4 bridgehead atoms. The lowest BCUT2D eigenvalue weighted by molar-refractivity contribution is -0.151. The van der Waals surface area contributed by atoms with Crippen LogP contribution in [-0.2, 0) is 4.79 Å². The molecule has 120 valence electrons. The molecule has 2 nitrogen and oxygen atoms in total. The van der Waals surface area contributed by atoms with Gasteiger partial charge in [-0.2, -0.15) is 0 Å². The fourth-order valence-electron chi connectivity index (χ4n) is 5.81. The Bertz CT molecular complexity index is 351. The van der Waals surface area contributed by atoms with Crippen molar-refractivity contribution in [2.45, 2.75) is 64.8 Å². The summed E-state index contributed by atoms with van der Waals surface area (Å²) in [7, 11) is 0. The van der Waals surface area contributed by atoms with Crippen LogP contribution in [0.4, 0.5) is 0 Å². The summed E-state index contributed by atoms with van der Waals surface area (Å²) in [4.78, 5) is 15.5. The molecule has 1 amide bonds. The van der Waals surface area contributed by atoms with Gasteiger partial charge in [0.2, 0.25) is 5.91 Å². The highest BCUT2D eigenvalue weighted by atomic mass is 79.9. The van der Waals surface area contributed by atoms with E-state index >= 15 is 0 Å². The fourth-order valence-corrected chi connectivity index (χ4v) is 6.20. The normalized spacial score (nSPS) is 37.2. The first-order valence-electron chi connectivity index (χ1n) is 9.04. The van der Waals surface area contributed by atoms with Crippen LogP contribution in [0, 0.1) is 29.6 Å². The van der Waals surface area contributed by atoms with Gasteiger partial charge in [-0.15, -0.1) is 0 Å². The first-order chi connectivity index (χ1) is 10.2. The average molecular weight is 356 g/mol. The Balaban J connectivity index is 1.76. The van der Waals surface area contributed by atoms with Crippen LogP contribution in [0.1, 0.15) is 58.8 Å². The molecule has 0 aromatic heterocycles. The third-order valence-corrected chi connectivity index (χ3v) is 6.86. The highest BCUT2D eigenvalue weighted by Gasteiger charge is 2.51. The van der Waals surface area contributed by atoms with Crippen molar-refractivity contribution in [3.63, 3.8) is 0 Å². The molecule has 4 aliphatic rings. The van der Waals surface area contributed by atoms with Crippen LogP contribution in [0.15, 0.2) is 0 Å². The molecule has 0 aliphatic heterocycles. The molecule has 3 heteroatoms. The number of amides is 1. The fraction of sp³-hybridized carbons (Fsp3) is 0.944. The van der Waals surface area contributed by atoms with Gasteiger partial charge in [0.1, 0.15) is 0 Å². The minimum absolute atomic E-state index is 0.359. The van der Waals surface area contributed by atoms with Crippen molar-refractivity contribution in [3.05, 3.63) is 0 Å². The number of nitrogens with zero attached hydrogens (tertiary/aromatic N) is 1. The molecule has 4 rings (SSSR count). The summed E-state index contributed by atoms with van der Waals surface area (Å²) in [6.07, 6.45) is 9.00. The van der Waals surface area contributed by atoms with Crippen LogP contribution in [0.3, 0.4) is 0 Å². The molecule has 0 aromatic rings. The maximum absolute atomic E-state index is 13.3. The van der Waals surface area contributed by atoms with Gasteiger partial charge in [0.25, 0.3) is 0 Å². The second kappa shape index (κ2) is 6.60. The van der Waals surface area contributed by atoms with Crippen molar-refractivity contribution >= 4 is 21.8 Å². The molecule has 4 aliphatic carbocycles. The third kappa shape index (κ3) is 2.92. The Morgan fingerprint density at radius 2 is 1.57 bits per heavy atom. The predicted molar refractivity (Wildman–Crippen MR) is 90.4 cm³/mol. The lowest BCUT2D eigenvalue weighted by Crippen LogP contribution is -2.54. The Morgan fingerprint density at radius 3 is 2.00 bits per heavy atom. The summed E-state index contributed by atoms with van der Waals surface area (Å²) in [5, 5.41) is 0.905. The second-order valence-electron chi connectivity index (χ2n) is 7.65. The third-order valence-electron chi connectivity index (χ3n) is 6.50. The summed E-state index contributed by atoms with van der Waals surface area (Å²) < 4.78 is 0. The molecule has 0 N–H and O–H groups in total. The van der Waals surface area contributed by atoms with E-state index in [1.807, 2.05) is 0 Å². The number of carbonyl (C=O) groups excluding carboxylic acids is 1. The molecule has 0 atom stereocenters. The monoisotopic (exact) mass is 355 g/mol. The van der Waals surface area contributed by atoms with Crippen LogP contribution in [0.25, 0.3) is 0 Å². The molecule has 0 aromatic carbocycles. The standard InChI is InChI=1S/C18H30BrNO/c1-3-16(4-2)20(6-5-19)18(21)17-14-8-12-7-13(10-14)11-15(17)9-12/h12-17H,3-11H2,1-2H3. The van der Waals surface area contributed by atoms with Gasteiger partial charge in [-0.1, -0.05) is 29.8 Å². The van der Waals surface area contributed by atoms with E-state index in [4.69, 9.17) is 0 Å². The smallest absolute Gasteiger partial charge is 0.226 e. The topological polar surface area (TPSA) is 20.3 Å². The van der Waals surface area contributed by atoms with E-state index in [-0.39, 0.29) is 0 Å². The van der Waals surface area contributed by atoms with Crippen LogP contribution in [0.2, 0.25) is 0 Å². The number of alkyl halides is 1. The van der Waals surface area contributed by atoms with E-state index in [2.05, 4.69) is 34.7 Å². The van der Waals surface area contributed by atoms with E-state index in [0.29, 0.717) is 29.7 Å². The molecular weight excluding hydrogens is 326 g/mol. The molecule has 0 spiro atoms. The Morgan fingerprint density at radius 1 is 1.05 bits per heavy atom. The van der Waals surface area contributed by atoms with Crippen molar-refractivity contribution < 1.29 is 4.79 Å². The van der Waals surface area contributed by atoms with E-state index in [9.17, 15) is 4.79 Å². The van der Waals surface area contributed by atoms with Gasteiger partial charge in [0.15, 0.2) is 0 Å². The molecule has 4 saturated carbocycles. The molecule has 0 unspecified atom stereocenters. The SMILES string of the molecule is CCC(CC)N(CCBr)C(=O)C1C2CC3CC(C2)CC1C3. The number of carbonyl (C=O) groups is 1. The van der Waals surface area contributed by atoms with Crippen LogP contribution >= 0.6 is 15.9 Å². The van der Waals surface area contributed by atoms with Crippen molar-refractivity contribution in [1.29, 1.82) is 0 Å². The summed E-state index contributed by atoms with van der Waals surface area (Å²) in [5.74, 6) is 4.18. The lowest BCUT2D eigenvalue weighted by atomic mass is 9.51. The van der Waals surface area contributed by atoms with Crippen molar-refractivity contribution in [2.24, 2.45) is 29.6 Å². The minimum atomic E-state index is 0.359. The van der Waals surface area contributed by atoms with Crippen molar-refractivity contribution in [2.75, 3.05) is 11.9 Å². The highest BCUT2D eigenvalue weighted by molar-refractivity contribution is 9.09. The summed E-state index contributed by atoms with van der Waals surface area (Å²) >= 11 is 3.55. The van der Waals surface area contributed by atoms with Gasteiger partial charge in [0, 0.05) is 23.8 Å². The van der Waals surface area contributed by atoms with Gasteiger partial charge >= 0.3 is 0 Å². The van der Waals surface area contributed by atoms with Crippen molar-refractivity contribution in [1.82, 2.24) is 4.90 Å². The van der Waals surface area contributed by atoms with Gasteiger partial charge in [-0.3, -0.25) is 4.79 Å². The number of hydrogen-bond acceptors (Lipinski definition) is 1. The highest BCUT2D eigenvalue weighted by Crippen LogP contribution is 2.57. The van der Waals surface area contributed by atoms with Gasteiger partial charge < -0.3 is 4.90 Å².